The van der Waals surface area contributed by atoms with Crippen molar-refractivity contribution in [1.29, 1.82) is 0 Å². The Morgan fingerprint density at radius 2 is 2.00 bits per heavy atom. The number of hydrogen-bond donors (Lipinski definition) is 3. The Hall–Kier alpha value is -2.41. The number of aliphatic carboxylic acids is 1. The first kappa shape index (κ1) is 14.0. The Labute approximate surface area is 119 Å². The minimum absolute atomic E-state index is 0.428. The van der Waals surface area contributed by atoms with Crippen LogP contribution in [0.15, 0.2) is 36.5 Å². The number of rotatable bonds is 4. The molecular weight excluding hydrogens is 278 g/mol. The van der Waals surface area contributed by atoms with Crippen LogP contribution in [0.3, 0.4) is 0 Å². The molecule has 1 atom stereocenters. The van der Waals surface area contributed by atoms with E-state index in [1.165, 1.54) is 11.3 Å². The number of aromatic nitrogens is 1. The zero-order chi connectivity index (χ0) is 14.5. The Morgan fingerprint density at radius 3 is 2.55 bits per heavy atom. The van der Waals surface area contributed by atoms with E-state index in [2.05, 4.69) is 15.6 Å². The highest BCUT2D eigenvalue weighted by molar-refractivity contribution is 7.15. The molecule has 0 spiro atoms. The zero-order valence-electron chi connectivity index (χ0n) is 10.7. The lowest BCUT2D eigenvalue weighted by Crippen LogP contribution is -2.36. The Balaban J connectivity index is 2.05. The van der Waals surface area contributed by atoms with Crippen LogP contribution < -0.4 is 10.6 Å². The number of nitrogens with one attached hydrogen (secondary N) is 2. The Morgan fingerprint density at radius 1 is 1.30 bits per heavy atom. The predicted octanol–water partition coefficient (Wildman–Crippen LogP) is 2.40. The van der Waals surface area contributed by atoms with Crippen LogP contribution in [0, 0.1) is 6.92 Å². The fourth-order valence-corrected chi connectivity index (χ4v) is 2.27. The highest BCUT2D eigenvalue weighted by atomic mass is 32.1. The van der Waals surface area contributed by atoms with Crippen LogP contribution in [0.4, 0.5) is 9.93 Å². The molecule has 0 saturated heterocycles. The molecule has 2 rings (SSSR count). The van der Waals surface area contributed by atoms with Crippen molar-refractivity contribution >= 4 is 28.5 Å². The number of benzene rings is 1. The molecule has 6 nitrogen and oxygen atoms in total. The van der Waals surface area contributed by atoms with Gasteiger partial charge in [0.2, 0.25) is 0 Å². The summed E-state index contributed by atoms with van der Waals surface area (Å²) >= 11 is 1.32. The summed E-state index contributed by atoms with van der Waals surface area (Å²) in [7, 11) is 0. The SMILES string of the molecule is Cc1cnc(NC(=O)N[C@H](C(=O)O)c2ccccc2)s1. The molecule has 0 radical (unpaired) electrons. The van der Waals surface area contributed by atoms with Gasteiger partial charge in [-0.05, 0) is 12.5 Å². The monoisotopic (exact) mass is 291 g/mol. The molecule has 3 N–H and O–H groups in total. The van der Waals surface area contributed by atoms with Gasteiger partial charge in [-0.2, -0.15) is 0 Å². The lowest BCUT2D eigenvalue weighted by Gasteiger charge is -2.14. The molecule has 0 fully saturated rings. The Kier molecular flexibility index (Phi) is 4.31. The van der Waals surface area contributed by atoms with E-state index in [-0.39, 0.29) is 0 Å². The van der Waals surface area contributed by atoms with Gasteiger partial charge in [-0.3, -0.25) is 5.32 Å². The summed E-state index contributed by atoms with van der Waals surface area (Å²) in [6.07, 6.45) is 1.63. The van der Waals surface area contributed by atoms with E-state index in [1.54, 1.807) is 36.5 Å². The number of urea groups is 1. The molecule has 1 heterocycles. The molecular formula is C13H13N3O3S. The first-order valence-corrected chi connectivity index (χ1v) is 6.65. The molecule has 1 aromatic carbocycles. The van der Waals surface area contributed by atoms with Crippen molar-refractivity contribution in [2.75, 3.05) is 5.32 Å². The first-order chi connectivity index (χ1) is 9.56. The minimum atomic E-state index is -1.12. The van der Waals surface area contributed by atoms with E-state index in [1.807, 2.05) is 6.92 Å². The van der Waals surface area contributed by atoms with Gasteiger partial charge in [0.15, 0.2) is 11.2 Å². The van der Waals surface area contributed by atoms with Crippen molar-refractivity contribution in [1.82, 2.24) is 10.3 Å². The van der Waals surface area contributed by atoms with E-state index in [4.69, 9.17) is 0 Å². The number of carbonyl (C=O) groups excluding carboxylic acids is 1. The van der Waals surface area contributed by atoms with E-state index >= 15 is 0 Å². The molecule has 0 aliphatic carbocycles. The second-order valence-electron chi connectivity index (χ2n) is 4.06. The predicted molar refractivity (Wildman–Crippen MR) is 75.8 cm³/mol. The topological polar surface area (TPSA) is 91.3 Å². The summed E-state index contributed by atoms with van der Waals surface area (Å²) in [5.74, 6) is -1.12. The molecule has 0 saturated carbocycles. The van der Waals surface area contributed by atoms with E-state index in [0.29, 0.717) is 10.7 Å². The molecule has 2 amide bonds. The van der Waals surface area contributed by atoms with Crippen LogP contribution in [-0.2, 0) is 4.79 Å². The minimum Gasteiger partial charge on any atom is -0.479 e. The van der Waals surface area contributed by atoms with Gasteiger partial charge in [0.25, 0.3) is 0 Å². The average molecular weight is 291 g/mol. The first-order valence-electron chi connectivity index (χ1n) is 5.84. The van der Waals surface area contributed by atoms with Crippen molar-refractivity contribution < 1.29 is 14.7 Å². The fourth-order valence-electron chi connectivity index (χ4n) is 1.61. The maximum atomic E-state index is 11.8. The lowest BCUT2D eigenvalue weighted by molar-refractivity contribution is -0.139. The second kappa shape index (κ2) is 6.16. The molecule has 7 heteroatoms. The number of thiazole rings is 1. The third-order valence-electron chi connectivity index (χ3n) is 2.50. The van der Waals surface area contributed by atoms with Crippen LogP contribution in [0.25, 0.3) is 0 Å². The van der Waals surface area contributed by atoms with Crippen molar-refractivity contribution in [2.45, 2.75) is 13.0 Å². The maximum absolute atomic E-state index is 11.8. The summed E-state index contributed by atoms with van der Waals surface area (Å²) in [6, 6.07) is 6.80. The van der Waals surface area contributed by atoms with E-state index < -0.39 is 18.0 Å². The van der Waals surface area contributed by atoms with Crippen LogP contribution in [0.2, 0.25) is 0 Å². The maximum Gasteiger partial charge on any atom is 0.330 e. The summed E-state index contributed by atoms with van der Waals surface area (Å²) in [5, 5.41) is 14.5. The third kappa shape index (κ3) is 3.55. The summed E-state index contributed by atoms with van der Waals surface area (Å²) in [4.78, 5) is 28.0. The highest BCUT2D eigenvalue weighted by Crippen LogP contribution is 2.17. The van der Waals surface area contributed by atoms with Crippen molar-refractivity contribution in [3.8, 4) is 0 Å². The van der Waals surface area contributed by atoms with E-state index in [0.717, 1.165) is 4.88 Å². The third-order valence-corrected chi connectivity index (χ3v) is 3.33. The van der Waals surface area contributed by atoms with Gasteiger partial charge in [0.1, 0.15) is 0 Å². The number of nitrogens with zero attached hydrogens (tertiary/aromatic N) is 1. The normalized spacial score (nSPS) is 11.7. The molecule has 0 aliphatic heterocycles. The van der Waals surface area contributed by atoms with Crippen LogP contribution in [0.1, 0.15) is 16.5 Å². The smallest absolute Gasteiger partial charge is 0.330 e. The number of anilines is 1. The molecule has 0 aliphatic rings. The van der Waals surface area contributed by atoms with Gasteiger partial charge in [-0.15, -0.1) is 11.3 Å². The Bertz CT molecular complexity index is 612. The van der Waals surface area contributed by atoms with Crippen molar-refractivity contribution in [3.05, 3.63) is 47.0 Å². The summed E-state index contributed by atoms with van der Waals surface area (Å²) < 4.78 is 0. The highest BCUT2D eigenvalue weighted by Gasteiger charge is 2.22. The quantitative estimate of drug-likeness (QED) is 0.806. The summed E-state index contributed by atoms with van der Waals surface area (Å²) in [5.41, 5.74) is 0.505. The summed E-state index contributed by atoms with van der Waals surface area (Å²) in [6.45, 7) is 1.87. The van der Waals surface area contributed by atoms with Gasteiger partial charge in [-0.1, -0.05) is 30.3 Å². The average Bonchev–Trinajstić information content (AvgIpc) is 2.82. The standard InChI is InChI=1S/C13H13N3O3S/c1-8-7-14-13(20-8)16-12(19)15-10(11(17)18)9-5-3-2-4-6-9/h2-7,10H,1H3,(H,17,18)(H2,14,15,16,19)/t10-/m0/s1. The van der Waals surface area contributed by atoms with Gasteiger partial charge in [-0.25, -0.2) is 14.6 Å². The molecule has 2 aromatic rings. The molecule has 0 bridgehead atoms. The van der Waals surface area contributed by atoms with Crippen LogP contribution >= 0.6 is 11.3 Å². The van der Waals surface area contributed by atoms with Gasteiger partial charge < -0.3 is 10.4 Å². The lowest BCUT2D eigenvalue weighted by atomic mass is 10.1. The fraction of sp³-hybridized carbons (Fsp3) is 0.154. The largest absolute Gasteiger partial charge is 0.479 e. The molecule has 1 aromatic heterocycles. The number of aryl methyl sites for hydroxylation is 1. The van der Waals surface area contributed by atoms with E-state index in [9.17, 15) is 14.7 Å². The van der Waals surface area contributed by atoms with Gasteiger partial charge >= 0.3 is 12.0 Å². The van der Waals surface area contributed by atoms with Gasteiger partial charge in [0, 0.05) is 11.1 Å². The van der Waals surface area contributed by atoms with Crippen molar-refractivity contribution in [3.63, 3.8) is 0 Å². The van der Waals surface area contributed by atoms with Crippen molar-refractivity contribution in [2.24, 2.45) is 0 Å². The number of hydrogen-bond acceptors (Lipinski definition) is 4. The zero-order valence-corrected chi connectivity index (χ0v) is 11.5. The molecule has 0 unspecified atom stereocenters. The number of carboxylic acid groups (broad SMARTS) is 1. The van der Waals surface area contributed by atoms with Crippen LogP contribution in [-0.4, -0.2) is 22.1 Å². The number of amides is 2. The number of carbonyl (C=O) groups is 2. The van der Waals surface area contributed by atoms with Gasteiger partial charge in [0.05, 0.1) is 0 Å². The second-order valence-corrected chi connectivity index (χ2v) is 5.29. The molecule has 104 valence electrons. The van der Waals surface area contributed by atoms with Crippen LogP contribution in [0.5, 0.6) is 0 Å². The molecule has 20 heavy (non-hydrogen) atoms. The number of carboxylic acids is 1.